The van der Waals surface area contributed by atoms with Gasteiger partial charge < -0.3 is 5.32 Å². The average molecular weight is 465 g/mol. The van der Waals surface area contributed by atoms with Crippen molar-refractivity contribution in [2.24, 2.45) is 0 Å². The summed E-state index contributed by atoms with van der Waals surface area (Å²) in [4.78, 5) is 2.00. The van der Waals surface area contributed by atoms with E-state index in [1.54, 1.807) is 0 Å². The molecule has 0 spiro atoms. The number of anilines is 2. The molecule has 180 valence electrons. The van der Waals surface area contributed by atoms with Crippen molar-refractivity contribution in [2.45, 2.75) is 33.6 Å². The maximum atomic E-state index is 4.40. The standard InChI is InChI=1S/C31H36N4/c1-8-13-23(3)28-16-12-17-29(21-28)32-26(6)33-34-27(7)35(30-18-11-14-22(2)20-30)25(5)31-19-10-9-15-24(31)4/h9-12,14-21,32-34H,3,5-8,13H2,1-2,4H3. The Bertz CT molecular complexity index is 1240. The molecule has 3 aromatic rings. The molecule has 0 aromatic heterocycles. The van der Waals surface area contributed by atoms with Crippen molar-refractivity contribution in [1.29, 1.82) is 0 Å². The van der Waals surface area contributed by atoms with E-state index in [1.807, 2.05) is 41.3 Å². The summed E-state index contributed by atoms with van der Waals surface area (Å²) in [6.07, 6.45) is 2.05. The van der Waals surface area contributed by atoms with Crippen LogP contribution in [0.5, 0.6) is 0 Å². The van der Waals surface area contributed by atoms with Crippen molar-refractivity contribution in [3.8, 4) is 0 Å². The fourth-order valence-corrected chi connectivity index (χ4v) is 3.93. The molecule has 0 bridgehead atoms. The summed E-state index contributed by atoms with van der Waals surface area (Å²) in [5, 5.41) is 3.30. The Hall–Kier alpha value is -4.18. The second kappa shape index (κ2) is 11.8. The van der Waals surface area contributed by atoms with Crippen molar-refractivity contribution in [1.82, 2.24) is 10.9 Å². The molecule has 0 aliphatic rings. The SMILES string of the molecule is C=C(NNC(=C)N(C(=C)c1ccccc1C)c1cccc(C)c1)Nc1cccc(C(=C)CCC)c1. The molecule has 0 unspecified atom stereocenters. The van der Waals surface area contributed by atoms with Crippen molar-refractivity contribution in [3.05, 3.63) is 133 Å². The van der Waals surface area contributed by atoms with Gasteiger partial charge in [-0.2, -0.15) is 0 Å². The van der Waals surface area contributed by atoms with Crippen molar-refractivity contribution in [2.75, 3.05) is 10.2 Å². The number of allylic oxidation sites excluding steroid dienone is 1. The minimum Gasteiger partial charge on any atom is -0.341 e. The smallest absolute Gasteiger partial charge is 0.122 e. The number of nitrogens with zero attached hydrogens (tertiary/aromatic N) is 1. The molecular formula is C31H36N4. The molecule has 0 saturated carbocycles. The second-order valence-corrected chi connectivity index (χ2v) is 8.67. The summed E-state index contributed by atoms with van der Waals surface area (Å²) in [5.74, 6) is 1.21. The topological polar surface area (TPSA) is 39.3 Å². The fourth-order valence-electron chi connectivity index (χ4n) is 3.93. The highest BCUT2D eigenvalue weighted by molar-refractivity contribution is 5.82. The van der Waals surface area contributed by atoms with E-state index in [-0.39, 0.29) is 0 Å². The van der Waals surface area contributed by atoms with Crippen LogP contribution in [0.3, 0.4) is 0 Å². The zero-order chi connectivity index (χ0) is 25.4. The zero-order valence-corrected chi connectivity index (χ0v) is 21.1. The van der Waals surface area contributed by atoms with Gasteiger partial charge in [-0.3, -0.25) is 15.8 Å². The highest BCUT2D eigenvalue weighted by atomic mass is 15.5. The summed E-state index contributed by atoms with van der Waals surface area (Å²) in [7, 11) is 0. The lowest BCUT2D eigenvalue weighted by Gasteiger charge is -2.31. The summed E-state index contributed by atoms with van der Waals surface area (Å²) in [6, 6.07) is 24.6. The Balaban J connectivity index is 1.74. The Morgan fingerprint density at radius 1 is 0.829 bits per heavy atom. The number of rotatable bonds is 12. The van der Waals surface area contributed by atoms with E-state index >= 15 is 0 Å². The summed E-state index contributed by atoms with van der Waals surface area (Å²) in [5.41, 5.74) is 14.7. The van der Waals surface area contributed by atoms with Crippen molar-refractivity contribution < 1.29 is 0 Å². The molecule has 35 heavy (non-hydrogen) atoms. The number of benzene rings is 3. The molecule has 3 N–H and O–H groups in total. The predicted octanol–water partition coefficient (Wildman–Crippen LogP) is 7.74. The van der Waals surface area contributed by atoms with Gasteiger partial charge in [-0.1, -0.05) is 88.2 Å². The summed E-state index contributed by atoms with van der Waals surface area (Å²) >= 11 is 0. The van der Waals surface area contributed by atoms with E-state index in [4.69, 9.17) is 0 Å². The molecule has 0 heterocycles. The third-order valence-corrected chi connectivity index (χ3v) is 5.73. The van der Waals surface area contributed by atoms with E-state index in [0.717, 1.165) is 57.7 Å². The number of nitrogens with one attached hydrogen (secondary N) is 3. The van der Waals surface area contributed by atoms with Crippen LogP contribution in [0.4, 0.5) is 11.4 Å². The van der Waals surface area contributed by atoms with E-state index in [9.17, 15) is 0 Å². The van der Waals surface area contributed by atoms with E-state index in [0.29, 0.717) is 11.6 Å². The van der Waals surface area contributed by atoms with Gasteiger partial charge in [-0.05, 0) is 66.8 Å². The third-order valence-electron chi connectivity index (χ3n) is 5.73. The Morgan fingerprint density at radius 3 is 2.29 bits per heavy atom. The predicted molar refractivity (Wildman–Crippen MR) is 152 cm³/mol. The maximum absolute atomic E-state index is 4.40. The lowest BCUT2D eigenvalue weighted by Crippen LogP contribution is -2.39. The molecule has 4 nitrogen and oxygen atoms in total. The van der Waals surface area contributed by atoms with E-state index in [2.05, 4.69) is 99.7 Å². The molecule has 0 fully saturated rings. The van der Waals surface area contributed by atoms with Crippen LogP contribution >= 0.6 is 0 Å². The van der Waals surface area contributed by atoms with Gasteiger partial charge in [0.25, 0.3) is 0 Å². The highest BCUT2D eigenvalue weighted by Gasteiger charge is 2.17. The maximum Gasteiger partial charge on any atom is 0.122 e. The molecule has 0 saturated heterocycles. The van der Waals surface area contributed by atoms with Gasteiger partial charge in [0.1, 0.15) is 11.6 Å². The van der Waals surface area contributed by atoms with Gasteiger partial charge in [-0.25, -0.2) is 0 Å². The van der Waals surface area contributed by atoms with E-state index in [1.165, 1.54) is 0 Å². The number of hydrogen-bond donors (Lipinski definition) is 3. The van der Waals surface area contributed by atoms with Crippen LogP contribution in [-0.2, 0) is 0 Å². The van der Waals surface area contributed by atoms with E-state index < -0.39 is 0 Å². The first kappa shape index (κ1) is 25.4. The summed E-state index contributed by atoms with van der Waals surface area (Å²) in [6.45, 7) is 23.3. The van der Waals surface area contributed by atoms with Gasteiger partial charge in [0.2, 0.25) is 0 Å². The molecule has 4 heteroatoms. The molecule has 0 radical (unpaired) electrons. The molecule has 3 rings (SSSR count). The Labute approximate surface area is 210 Å². The van der Waals surface area contributed by atoms with Crippen LogP contribution < -0.4 is 21.1 Å². The number of hydrogen-bond acceptors (Lipinski definition) is 4. The third kappa shape index (κ3) is 6.67. The van der Waals surface area contributed by atoms with Gasteiger partial charge >= 0.3 is 0 Å². The van der Waals surface area contributed by atoms with Crippen LogP contribution in [0.1, 0.15) is 42.0 Å². The highest BCUT2D eigenvalue weighted by Crippen LogP contribution is 2.30. The average Bonchev–Trinajstić information content (AvgIpc) is 2.83. The fraction of sp³-hybridized carbons (Fsp3) is 0.161. The van der Waals surface area contributed by atoms with Crippen LogP contribution in [0.25, 0.3) is 11.3 Å². The molecule has 0 aliphatic heterocycles. The van der Waals surface area contributed by atoms with Crippen LogP contribution in [0, 0.1) is 13.8 Å². The van der Waals surface area contributed by atoms with Crippen LogP contribution in [0.15, 0.2) is 111 Å². The number of aryl methyl sites for hydroxylation is 2. The first-order valence-corrected chi connectivity index (χ1v) is 11.9. The lowest BCUT2D eigenvalue weighted by atomic mass is 10.0. The molecular weight excluding hydrogens is 428 g/mol. The van der Waals surface area contributed by atoms with Gasteiger partial charge in [-0.15, -0.1) is 0 Å². The van der Waals surface area contributed by atoms with Gasteiger partial charge in [0.15, 0.2) is 0 Å². The normalized spacial score (nSPS) is 10.3. The Kier molecular flexibility index (Phi) is 8.58. The van der Waals surface area contributed by atoms with Crippen LogP contribution in [-0.4, -0.2) is 0 Å². The summed E-state index contributed by atoms with van der Waals surface area (Å²) < 4.78 is 0. The molecule has 0 atom stereocenters. The van der Waals surface area contributed by atoms with Crippen molar-refractivity contribution >= 4 is 22.6 Å². The first-order valence-electron chi connectivity index (χ1n) is 11.9. The monoisotopic (exact) mass is 464 g/mol. The zero-order valence-electron chi connectivity index (χ0n) is 21.1. The minimum atomic E-state index is 0.593. The van der Waals surface area contributed by atoms with Crippen molar-refractivity contribution in [3.63, 3.8) is 0 Å². The molecule has 0 aliphatic carbocycles. The largest absolute Gasteiger partial charge is 0.341 e. The first-order chi connectivity index (χ1) is 16.8. The van der Waals surface area contributed by atoms with Crippen LogP contribution in [0.2, 0.25) is 0 Å². The second-order valence-electron chi connectivity index (χ2n) is 8.67. The number of hydrazine groups is 1. The Morgan fingerprint density at radius 2 is 1.57 bits per heavy atom. The quantitative estimate of drug-likeness (QED) is 0.240. The molecule has 0 amide bonds. The lowest BCUT2D eigenvalue weighted by molar-refractivity contribution is 0.685. The van der Waals surface area contributed by atoms with Gasteiger partial charge in [0, 0.05) is 22.6 Å². The minimum absolute atomic E-state index is 0.593. The van der Waals surface area contributed by atoms with Gasteiger partial charge in [0.05, 0.1) is 0 Å². The molecule has 3 aromatic carbocycles.